The van der Waals surface area contributed by atoms with E-state index in [1.165, 1.54) is 0 Å². The highest BCUT2D eigenvalue weighted by Crippen LogP contribution is 2.21. The van der Waals surface area contributed by atoms with E-state index >= 15 is 0 Å². The molecule has 0 saturated carbocycles. The zero-order valence-corrected chi connectivity index (χ0v) is 13.5. The van der Waals surface area contributed by atoms with Gasteiger partial charge in [0.25, 0.3) is 0 Å². The van der Waals surface area contributed by atoms with E-state index in [9.17, 15) is 9.59 Å². The van der Waals surface area contributed by atoms with Crippen LogP contribution in [-0.4, -0.2) is 29.1 Å². The molecular formula is C17H25NO4. The molecule has 0 bridgehead atoms. The summed E-state index contributed by atoms with van der Waals surface area (Å²) < 4.78 is 5.52. The van der Waals surface area contributed by atoms with Crippen molar-refractivity contribution in [2.24, 2.45) is 5.92 Å². The third kappa shape index (κ3) is 6.16. The second-order valence-corrected chi connectivity index (χ2v) is 5.96. The van der Waals surface area contributed by atoms with Crippen LogP contribution < -0.4 is 10.1 Å². The lowest BCUT2D eigenvalue weighted by atomic mass is 9.85. The third-order valence-electron chi connectivity index (χ3n) is 3.78. The Morgan fingerprint density at radius 3 is 2.45 bits per heavy atom. The van der Waals surface area contributed by atoms with Gasteiger partial charge in [-0.1, -0.05) is 32.0 Å². The van der Waals surface area contributed by atoms with Gasteiger partial charge in [0.2, 0.25) is 5.91 Å². The maximum atomic E-state index is 12.0. The molecule has 0 aromatic heterocycles. The summed E-state index contributed by atoms with van der Waals surface area (Å²) in [6.07, 6.45) is 0.813. The molecule has 0 aliphatic heterocycles. The van der Waals surface area contributed by atoms with Gasteiger partial charge >= 0.3 is 5.97 Å². The molecule has 0 aliphatic rings. The van der Waals surface area contributed by atoms with E-state index in [0.29, 0.717) is 19.4 Å². The lowest BCUT2D eigenvalue weighted by Crippen LogP contribution is -2.51. The molecule has 5 heteroatoms. The Balaban J connectivity index is 2.36. The summed E-state index contributed by atoms with van der Waals surface area (Å²) in [5.41, 5.74) is -0.733. The van der Waals surface area contributed by atoms with Gasteiger partial charge in [-0.05, 0) is 31.4 Å². The third-order valence-corrected chi connectivity index (χ3v) is 3.78. The molecule has 22 heavy (non-hydrogen) atoms. The number of rotatable bonds is 9. The highest BCUT2D eigenvalue weighted by Gasteiger charge is 2.32. The molecule has 0 aliphatic carbocycles. The number of hydrogen-bond acceptors (Lipinski definition) is 3. The first-order chi connectivity index (χ1) is 10.3. The van der Waals surface area contributed by atoms with Gasteiger partial charge in [-0.15, -0.1) is 0 Å². The van der Waals surface area contributed by atoms with E-state index in [1.807, 2.05) is 44.2 Å². The largest absolute Gasteiger partial charge is 0.494 e. The SMILES string of the molecule is CC(C)C(C)(CC(=O)O)NC(=O)CCCOc1ccccc1. The van der Waals surface area contributed by atoms with Crippen molar-refractivity contribution in [3.8, 4) is 5.75 Å². The molecule has 122 valence electrons. The summed E-state index contributed by atoms with van der Waals surface area (Å²) in [7, 11) is 0. The van der Waals surface area contributed by atoms with Crippen LogP contribution in [0.25, 0.3) is 0 Å². The number of carbonyl (C=O) groups is 2. The zero-order valence-electron chi connectivity index (χ0n) is 13.5. The van der Waals surface area contributed by atoms with E-state index < -0.39 is 11.5 Å². The van der Waals surface area contributed by atoms with Crippen molar-refractivity contribution >= 4 is 11.9 Å². The molecule has 1 aromatic rings. The van der Waals surface area contributed by atoms with Crippen LogP contribution in [0, 0.1) is 5.92 Å². The number of benzene rings is 1. The van der Waals surface area contributed by atoms with Gasteiger partial charge < -0.3 is 15.2 Å². The molecule has 1 atom stereocenters. The fourth-order valence-electron chi connectivity index (χ4n) is 2.03. The van der Waals surface area contributed by atoms with Gasteiger partial charge in [-0.2, -0.15) is 0 Å². The van der Waals surface area contributed by atoms with E-state index in [0.717, 1.165) is 5.75 Å². The van der Waals surface area contributed by atoms with Gasteiger partial charge in [-0.25, -0.2) is 0 Å². The monoisotopic (exact) mass is 307 g/mol. The Morgan fingerprint density at radius 1 is 1.27 bits per heavy atom. The minimum atomic E-state index is -0.913. The summed E-state index contributed by atoms with van der Waals surface area (Å²) in [5.74, 6) is -0.244. The Bertz CT molecular complexity index is 487. The number of hydrogen-bond donors (Lipinski definition) is 2. The summed E-state index contributed by atoms with van der Waals surface area (Å²) in [4.78, 5) is 22.9. The van der Waals surface area contributed by atoms with Gasteiger partial charge in [0.05, 0.1) is 13.0 Å². The Morgan fingerprint density at radius 2 is 1.91 bits per heavy atom. The molecular weight excluding hydrogens is 282 g/mol. The predicted octanol–water partition coefficient (Wildman–Crippen LogP) is 2.85. The maximum absolute atomic E-state index is 12.0. The molecule has 1 aromatic carbocycles. The number of carboxylic acid groups (broad SMARTS) is 1. The fourth-order valence-corrected chi connectivity index (χ4v) is 2.03. The number of carbonyl (C=O) groups excluding carboxylic acids is 1. The van der Waals surface area contributed by atoms with Crippen molar-refractivity contribution in [3.63, 3.8) is 0 Å². The van der Waals surface area contributed by atoms with Crippen molar-refractivity contribution in [3.05, 3.63) is 30.3 Å². The fraction of sp³-hybridized carbons (Fsp3) is 0.529. The van der Waals surface area contributed by atoms with E-state index in [-0.39, 0.29) is 18.2 Å². The minimum Gasteiger partial charge on any atom is -0.494 e. The lowest BCUT2D eigenvalue weighted by Gasteiger charge is -2.33. The van der Waals surface area contributed by atoms with Crippen LogP contribution in [-0.2, 0) is 9.59 Å². The van der Waals surface area contributed by atoms with E-state index in [2.05, 4.69) is 5.32 Å². The molecule has 1 rings (SSSR count). The molecule has 0 saturated heterocycles. The topological polar surface area (TPSA) is 75.6 Å². The first-order valence-corrected chi connectivity index (χ1v) is 7.54. The molecule has 0 radical (unpaired) electrons. The number of nitrogens with one attached hydrogen (secondary N) is 1. The number of amides is 1. The van der Waals surface area contributed by atoms with Crippen LogP contribution in [0.1, 0.15) is 40.0 Å². The molecule has 0 heterocycles. The minimum absolute atomic E-state index is 0.0353. The van der Waals surface area contributed by atoms with E-state index in [1.54, 1.807) is 6.92 Å². The van der Waals surface area contributed by atoms with Gasteiger partial charge in [0, 0.05) is 12.0 Å². The van der Waals surface area contributed by atoms with Crippen molar-refractivity contribution in [1.29, 1.82) is 0 Å². The number of para-hydroxylation sites is 1. The Kier molecular flexibility index (Phi) is 6.89. The van der Waals surface area contributed by atoms with Crippen LogP contribution in [0.4, 0.5) is 0 Å². The Labute approximate surface area is 131 Å². The molecule has 0 fully saturated rings. The van der Waals surface area contributed by atoms with E-state index in [4.69, 9.17) is 9.84 Å². The highest BCUT2D eigenvalue weighted by atomic mass is 16.5. The second kappa shape index (κ2) is 8.41. The van der Waals surface area contributed by atoms with Gasteiger partial charge in [-0.3, -0.25) is 9.59 Å². The van der Waals surface area contributed by atoms with Crippen molar-refractivity contribution in [2.75, 3.05) is 6.61 Å². The molecule has 5 nitrogen and oxygen atoms in total. The molecule has 1 unspecified atom stereocenters. The van der Waals surface area contributed by atoms with Crippen LogP contribution in [0.3, 0.4) is 0 Å². The quantitative estimate of drug-likeness (QED) is 0.688. The average Bonchev–Trinajstić information content (AvgIpc) is 2.43. The highest BCUT2D eigenvalue weighted by molar-refractivity contribution is 5.78. The molecule has 0 spiro atoms. The van der Waals surface area contributed by atoms with Crippen LogP contribution in [0.2, 0.25) is 0 Å². The van der Waals surface area contributed by atoms with Crippen molar-refractivity contribution in [1.82, 2.24) is 5.32 Å². The lowest BCUT2D eigenvalue weighted by molar-refractivity contribution is -0.139. The van der Waals surface area contributed by atoms with Crippen LogP contribution >= 0.6 is 0 Å². The summed E-state index contributed by atoms with van der Waals surface area (Å²) >= 11 is 0. The standard InChI is InChI=1S/C17H25NO4/c1-13(2)17(3,12-16(20)21)18-15(19)10-7-11-22-14-8-5-4-6-9-14/h4-6,8-9,13H,7,10-12H2,1-3H3,(H,18,19)(H,20,21). The smallest absolute Gasteiger partial charge is 0.305 e. The molecule has 2 N–H and O–H groups in total. The number of ether oxygens (including phenoxy) is 1. The van der Waals surface area contributed by atoms with Gasteiger partial charge in [0.1, 0.15) is 5.75 Å². The first kappa shape index (κ1) is 18.0. The summed E-state index contributed by atoms with van der Waals surface area (Å²) in [5, 5.41) is 11.8. The normalized spacial score (nSPS) is 13.5. The average molecular weight is 307 g/mol. The predicted molar refractivity (Wildman–Crippen MR) is 84.8 cm³/mol. The van der Waals surface area contributed by atoms with Gasteiger partial charge in [0.15, 0.2) is 0 Å². The second-order valence-electron chi connectivity index (χ2n) is 5.96. The summed E-state index contributed by atoms with van der Waals surface area (Å²) in [6, 6.07) is 9.42. The van der Waals surface area contributed by atoms with Crippen LogP contribution in [0.15, 0.2) is 30.3 Å². The zero-order chi connectivity index (χ0) is 16.6. The van der Waals surface area contributed by atoms with Crippen LogP contribution in [0.5, 0.6) is 5.75 Å². The Hall–Kier alpha value is -2.04. The number of carboxylic acids is 1. The first-order valence-electron chi connectivity index (χ1n) is 7.54. The number of aliphatic carboxylic acids is 1. The maximum Gasteiger partial charge on any atom is 0.305 e. The van der Waals surface area contributed by atoms with Crippen molar-refractivity contribution in [2.45, 2.75) is 45.6 Å². The van der Waals surface area contributed by atoms with Crippen molar-refractivity contribution < 1.29 is 19.4 Å². The molecule has 1 amide bonds. The summed E-state index contributed by atoms with van der Waals surface area (Å²) in [6.45, 7) is 6.03.